The van der Waals surface area contributed by atoms with Gasteiger partial charge >= 0.3 is 0 Å². The molecule has 0 heterocycles. The van der Waals surface area contributed by atoms with Gasteiger partial charge in [-0.3, -0.25) is 0 Å². The molecule has 0 aliphatic heterocycles. The van der Waals surface area contributed by atoms with Crippen molar-refractivity contribution in [2.45, 2.75) is 12.7 Å². The fourth-order valence-corrected chi connectivity index (χ4v) is 2.51. The van der Waals surface area contributed by atoms with Crippen LogP contribution < -0.4 is 0 Å². The smallest absolute Gasteiger partial charge is 0.0409 e. The number of hydrogen-bond acceptors (Lipinski definition) is 1. The Hall–Kier alpha value is 0.590. The van der Waals surface area contributed by atoms with E-state index in [-0.39, 0.29) is 0 Å². The molecule has 0 saturated heterocycles. The number of rotatable bonds is 3. The van der Waals surface area contributed by atoms with Crippen LogP contribution in [0, 0.1) is 3.57 Å². The third kappa shape index (κ3) is 3.15. The van der Waals surface area contributed by atoms with Crippen molar-refractivity contribution in [1.29, 1.82) is 0 Å². The fourth-order valence-electron chi connectivity index (χ4n) is 0.866. The SMILES string of the molecule is CCSCc1cc(Cl)ccc1I. The van der Waals surface area contributed by atoms with Crippen molar-refractivity contribution in [1.82, 2.24) is 0 Å². The zero-order chi connectivity index (χ0) is 8.97. The lowest BCUT2D eigenvalue weighted by Gasteiger charge is -2.03. The Labute approximate surface area is 96.2 Å². The first-order valence-electron chi connectivity index (χ1n) is 3.75. The van der Waals surface area contributed by atoms with Crippen LogP contribution >= 0.6 is 46.0 Å². The molecule has 0 nitrogen and oxygen atoms in total. The van der Waals surface area contributed by atoms with Gasteiger partial charge in [-0.25, -0.2) is 0 Å². The quantitative estimate of drug-likeness (QED) is 0.754. The van der Waals surface area contributed by atoms with Crippen LogP contribution in [0.15, 0.2) is 18.2 Å². The van der Waals surface area contributed by atoms with Gasteiger partial charge in [-0.15, -0.1) is 0 Å². The van der Waals surface area contributed by atoms with E-state index in [0.29, 0.717) is 0 Å². The minimum Gasteiger partial charge on any atom is -0.157 e. The Morgan fingerprint density at radius 1 is 1.50 bits per heavy atom. The molecule has 66 valence electrons. The second kappa shape index (κ2) is 5.35. The summed E-state index contributed by atoms with van der Waals surface area (Å²) in [6, 6.07) is 6.05. The normalized spacial score (nSPS) is 10.2. The molecule has 0 atom stereocenters. The lowest BCUT2D eigenvalue weighted by molar-refractivity contribution is 1.36. The average Bonchev–Trinajstić information content (AvgIpc) is 2.07. The predicted molar refractivity (Wildman–Crippen MR) is 66.0 cm³/mol. The van der Waals surface area contributed by atoms with Crippen LogP contribution in [0.2, 0.25) is 5.02 Å². The summed E-state index contributed by atoms with van der Waals surface area (Å²) in [6.07, 6.45) is 0. The zero-order valence-electron chi connectivity index (χ0n) is 6.81. The Morgan fingerprint density at radius 2 is 2.25 bits per heavy atom. The van der Waals surface area contributed by atoms with Crippen molar-refractivity contribution in [2.75, 3.05) is 5.75 Å². The van der Waals surface area contributed by atoms with Crippen LogP contribution in [0.3, 0.4) is 0 Å². The summed E-state index contributed by atoms with van der Waals surface area (Å²) in [6.45, 7) is 2.17. The largest absolute Gasteiger partial charge is 0.157 e. The Balaban J connectivity index is 2.75. The highest BCUT2D eigenvalue weighted by Gasteiger charge is 1.99. The molecule has 0 amide bonds. The summed E-state index contributed by atoms with van der Waals surface area (Å²) in [5.41, 5.74) is 1.34. The van der Waals surface area contributed by atoms with E-state index in [1.54, 1.807) is 0 Å². The fraction of sp³-hybridized carbons (Fsp3) is 0.333. The van der Waals surface area contributed by atoms with Crippen LogP contribution in [0.1, 0.15) is 12.5 Å². The Bertz CT molecular complexity index is 263. The number of hydrogen-bond donors (Lipinski definition) is 0. The van der Waals surface area contributed by atoms with Crippen molar-refractivity contribution in [3.8, 4) is 0 Å². The second-order valence-electron chi connectivity index (χ2n) is 2.37. The first-order chi connectivity index (χ1) is 5.74. The highest BCUT2D eigenvalue weighted by Crippen LogP contribution is 2.21. The molecule has 0 spiro atoms. The van der Waals surface area contributed by atoms with E-state index in [0.717, 1.165) is 16.5 Å². The number of thioether (sulfide) groups is 1. The molecule has 0 bridgehead atoms. The molecule has 0 aromatic heterocycles. The molecule has 1 aromatic carbocycles. The van der Waals surface area contributed by atoms with Crippen LogP contribution in [-0.2, 0) is 5.75 Å². The van der Waals surface area contributed by atoms with Crippen molar-refractivity contribution in [3.63, 3.8) is 0 Å². The Kier molecular flexibility index (Phi) is 4.75. The van der Waals surface area contributed by atoms with E-state index in [1.807, 2.05) is 23.9 Å². The molecule has 1 aromatic rings. The molecule has 0 saturated carbocycles. The van der Waals surface area contributed by atoms with Gasteiger partial charge in [0.25, 0.3) is 0 Å². The van der Waals surface area contributed by atoms with E-state index >= 15 is 0 Å². The van der Waals surface area contributed by atoms with Crippen molar-refractivity contribution in [2.24, 2.45) is 0 Å². The molecule has 0 radical (unpaired) electrons. The lowest BCUT2D eigenvalue weighted by atomic mass is 10.2. The minimum atomic E-state index is 0.835. The summed E-state index contributed by atoms with van der Waals surface area (Å²) >= 11 is 10.1. The molecule has 12 heavy (non-hydrogen) atoms. The molecule has 0 N–H and O–H groups in total. The van der Waals surface area contributed by atoms with Crippen LogP contribution in [0.25, 0.3) is 0 Å². The summed E-state index contributed by atoms with van der Waals surface area (Å²) in [7, 11) is 0. The monoisotopic (exact) mass is 312 g/mol. The molecular formula is C9H10ClIS. The molecule has 1 rings (SSSR count). The van der Waals surface area contributed by atoms with E-state index in [4.69, 9.17) is 11.6 Å². The van der Waals surface area contributed by atoms with Gasteiger partial charge in [0, 0.05) is 14.3 Å². The summed E-state index contributed by atoms with van der Waals surface area (Å²) < 4.78 is 1.30. The third-order valence-corrected chi connectivity index (χ3v) is 3.68. The minimum absolute atomic E-state index is 0.835. The number of benzene rings is 1. The molecule has 0 aliphatic rings. The van der Waals surface area contributed by atoms with Gasteiger partial charge in [0.15, 0.2) is 0 Å². The van der Waals surface area contributed by atoms with Gasteiger partial charge in [0.2, 0.25) is 0 Å². The van der Waals surface area contributed by atoms with Gasteiger partial charge in [0.1, 0.15) is 0 Å². The van der Waals surface area contributed by atoms with Crippen molar-refractivity contribution >= 4 is 46.0 Å². The van der Waals surface area contributed by atoms with Gasteiger partial charge in [-0.2, -0.15) is 11.8 Å². The highest BCUT2D eigenvalue weighted by molar-refractivity contribution is 14.1. The van der Waals surface area contributed by atoms with Gasteiger partial charge in [-0.05, 0) is 52.1 Å². The van der Waals surface area contributed by atoms with E-state index < -0.39 is 0 Å². The third-order valence-electron chi connectivity index (χ3n) is 1.47. The second-order valence-corrected chi connectivity index (χ2v) is 5.25. The van der Waals surface area contributed by atoms with Crippen LogP contribution in [0.5, 0.6) is 0 Å². The maximum absolute atomic E-state index is 5.88. The molecule has 3 heteroatoms. The lowest BCUT2D eigenvalue weighted by Crippen LogP contribution is -1.85. The standard InChI is InChI=1S/C9H10ClIS/c1-2-12-6-7-5-8(10)3-4-9(7)11/h3-5H,2,6H2,1H3. The maximum atomic E-state index is 5.88. The first-order valence-corrected chi connectivity index (χ1v) is 6.37. The van der Waals surface area contributed by atoms with Crippen molar-refractivity contribution in [3.05, 3.63) is 32.4 Å². The van der Waals surface area contributed by atoms with Gasteiger partial charge in [0.05, 0.1) is 0 Å². The molecule has 0 aliphatic carbocycles. The zero-order valence-corrected chi connectivity index (χ0v) is 10.5. The predicted octanol–water partition coefficient (Wildman–Crippen LogP) is 4.20. The van der Waals surface area contributed by atoms with Crippen LogP contribution in [0.4, 0.5) is 0 Å². The van der Waals surface area contributed by atoms with Crippen molar-refractivity contribution < 1.29 is 0 Å². The van der Waals surface area contributed by atoms with Crippen LogP contribution in [-0.4, -0.2) is 5.75 Å². The van der Waals surface area contributed by atoms with E-state index in [9.17, 15) is 0 Å². The van der Waals surface area contributed by atoms with Gasteiger partial charge < -0.3 is 0 Å². The molecule has 0 fully saturated rings. The van der Waals surface area contributed by atoms with E-state index in [1.165, 1.54) is 9.13 Å². The molecule has 0 unspecified atom stereocenters. The first kappa shape index (κ1) is 10.7. The average molecular weight is 313 g/mol. The van der Waals surface area contributed by atoms with E-state index in [2.05, 4.69) is 35.6 Å². The number of halogens is 2. The summed E-state index contributed by atoms with van der Waals surface area (Å²) in [4.78, 5) is 0. The topological polar surface area (TPSA) is 0 Å². The molecular weight excluding hydrogens is 303 g/mol. The van der Waals surface area contributed by atoms with Gasteiger partial charge in [-0.1, -0.05) is 18.5 Å². The Morgan fingerprint density at radius 3 is 2.92 bits per heavy atom. The maximum Gasteiger partial charge on any atom is 0.0409 e. The highest BCUT2D eigenvalue weighted by atomic mass is 127. The summed E-state index contributed by atoms with van der Waals surface area (Å²) in [5, 5.41) is 0.835. The summed E-state index contributed by atoms with van der Waals surface area (Å²) in [5.74, 6) is 2.22.